The standard InChI is InChI=1S/C15H23N3O/c1-11-4-5-13(10-12(11)2)15(3,14(16)19)18-8-6-17-7-9-18/h4-5,10,17H,6-9H2,1-3H3,(H2,16,19). The number of nitrogens with zero attached hydrogens (tertiary/aromatic N) is 1. The van der Waals surface area contributed by atoms with Crippen LogP contribution in [0.25, 0.3) is 0 Å². The van der Waals surface area contributed by atoms with Crippen molar-refractivity contribution in [1.29, 1.82) is 0 Å². The number of primary amides is 1. The van der Waals surface area contributed by atoms with Crippen LogP contribution in [0.3, 0.4) is 0 Å². The van der Waals surface area contributed by atoms with E-state index < -0.39 is 5.54 Å². The van der Waals surface area contributed by atoms with Gasteiger partial charge in [-0.1, -0.05) is 18.2 Å². The predicted octanol–water partition coefficient (Wildman–Crippen LogP) is 0.909. The van der Waals surface area contributed by atoms with Gasteiger partial charge in [-0.15, -0.1) is 0 Å². The molecule has 1 unspecified atom stereocenters. The Balaban J connectivity index is 2.42. The zero-order valence-electron chi connectivity index (χ0n) is 12.0. The van der Waals surface area contributed by atoms with Gasteiger partial charge in [0.1, 0.15) is 5.54 Å². The van der Waals surface area contributed by atoms with Crippen molar-refractivity contribution in [1.82, 2.24) is 10.2 Å². The van der Waals surface area contributed by atoms with Crippen LogP contribution in [0, 0.1) is 13.8 Å². The Bertz CT molecular complexity index is 480. The van der Waals surface area contributed by atoms with Crippen LogP contribution in [0.5, 0.6) is 0 Å². The fraction of sp³-hybridized carbons (Fsp3) is 0.533. The average Bonchev–Trinajstić information content (AvgIpc) is 2.41. The largest absolute Gasteiger partial charge is 0.368 e. The Morgan fingerprint density at radius 2 is 1.89 bits per heavy atom. The lowest BCUT2D eigenvalue weighted by molar-refractivity contribution is -0.130. The molecule has 1 aromatic carbocycles. The van der Waals surface area contributed by atoms with E-state index in [-0.39, 0.29) is 5.91 Å². The van der Waals surface area contributed by atoms with Crippen LogP contribution < -0.4 is 11.1 Å². The number of aryl methyl sites for hydroxylation is 2. The molecule has 104 valence electrons. The maximum atomic E-state index is 12.1. The smallest absolute Gasteiger partial charge is 0.242 e. The lowest BCUT2D eigenvalue weighted by Crippen LogP contribution is -2.58. The molecule has 1 aliphatic rings. The first-order valence-corrected chi connectivity index (χ1v) is 6.79. The Kier molecular flexibility index (Phi) is 3.92. The molecule has 1 fully saturated rings. The molecule has 0 spiro atoms. The molecule has 1 atom stereocenters. The van der Waals surface area contributed by atoms with Gasteiger partial charge in [-0.2, -0.15) is 0 Å². The van der Waals surface area contributed by atoms with E-state index in [1.807, 2.05) is 13.0 Å². The zero-order chi connectivity index (χ0) is 14.0. The normalized spacial score (nSPS) is 19.9. The second kappa shape index (κ2) is 5.31. The van der Waals surface area contributed by atoms with Crippen molar-refractivity contribution in [3.63, 3.8) is 0 Å². The second-order valence-corrected chi connectivity index (χ2v) is 5.47. The molecule has 2 rings (SSSR count). The van der Waals surface area contributed by atoms with Crippen molar-refractivity contribution in [3.05, 3.63) is 34.9 Å². The van der Waals surface area contributed by atoms with Crippen molar-refractivity contribution in [2.75, 3.05) is 26.2 Å². The molecule has 19 heavy (non-hydrogen) atoms. The van der Waals surface area contributed by atoms with Gasteiger partial charge < -0.3 is 11.1 Å². The number of hydrogen-bond donors (Lipinski definition) is 2. The first kappa shape index (κ1) is 14.0. The highest BCUT2D eigenvalue weighted by molar-refractivity contribution is 5.85. The molecule has 1 aliphatic heterocycles. The van der Waals surface area contributed by atoms with Crippen molar-refractivity contribution in [2.24, 2.45) is 5.73 Å². The SMILES string of the molecule is Cc1ccc(C(C)(C(N)=O)N2CCNCC2)cc1C. The van der Waals surface area contributed by atoms with E-state index in [4.69, 9.17) is 5.73 Å². The van der Waals surface area contributed by atoms with E-state index in [1.165, 1.54) is 11.1 Å². The van der Waals surface area contributed by atoms with E-state index in [1.54, 1.807) is 0 Å². The number of benzene rings is 1. The summed E-state index contributed by atoms with van der Waals surface area (Å²) in [5.74, 6) is -0.280. The van der Waals surface area contributed by atoms with E-state index in [2.05, 4.69) is 36.2 Å². The third-order valence-corrected chi connectivity index (χ3v) is 4.30. The molecule has 3 N–H and O–H groups in total. The first-order valence-electron chi connectivity index (χ1n) is 6.79. The Morgan fingerprint density at radius 3 is 2.42 bits per heavy atom. The maximum Gasteiger partial charge on any atom is 0.242 e. The number of nitrogens with one attached hydrogen (secondary N) is 1. The van der Waals surface area contributed by atoms with E-state index in [9.17, 15) is 4.79 Å². The minimum Gasteiger partial charge on any atom is -0.368 e. The number of carbonyl (C=O) groups is 1. The molecule has 4 nitrogen and oxygen atoms in total. The Hall–Kier alpha value is -1.39. The number of carbonyl (C=O) groups excluding carboxylic acids is 1. The Morgan fingerprint density at radius 1 is 1.26 bits per heavy atom. The molecule has 0 bridgehead atoms. The lowest BCUT2D eigenvalue weighted by atomic mass is 9.87. The third-order valence-electron chi connectivity index (χ3n) is 4.30. The summed E-state index contributed by atoms with van der Waals surface area (Å²) in [4.78, 5) is 14.3. The van der Waals surface area contributed by atoms with Gasteiger partial charge in [-0.3, -0.25) is 9.69 Å². The highest BCUT2D eigenvalue weighted by Gasteiger charge is 2.40. The number of nitrogens with two attached hydrogens (primary N) is 1. The van der Waals surface area contributed by atoms with Crippen LogP contribution >= 0.6 is 0 Å². The highest BCUT2D eigenvalue weighted by atomic mass is 16.1. The fourth-order valence-corrected chi connectivity index (χ4v) is 2.64. The summed E-state index contributed by atoms with van der Waals surface area (Å²) in [6, 6.07) is 6.17. The maximum absolute atomic E-state index is 12.1. The quantitative estimate of drug-likeness (QED) is 0.850. The molecule has 4 heteroatoms. The van der Waals surface area contributed by atoms with Gasteiger partial charge in [0, 0.05) is 26.2 Å². The van der Waals surface area contributed by atoms with Gasteiger partial charge in [0.25, 0.3) is 0 Å². The van der Waals surface area contributed by atoms with Crippen LogP contribution in [-0.2, 0) is 10.3 Å². The lowest BCUT2D eigenvalue weighted by Gasteiger charge is -2.41. The van der Waals surface area contributed by atoms with Crippen LogP contribution in [0.2, 0.25) is 0 Å². The summed E-state index contributed by atoms with van der Waals surface area (Å²) in [7, 11) is 0. The molecule has 0 saturated carbocycles. The highest BCUT2D eigenvalue weighted by Crippen LogP contribution is 2.29. The van der Waals surface area contributed by atoms with Crippen LogP contribution in [0.4, 0.5) is 0 Å². The molecule has 1 heterocycles. The number of piperazine rings is 1. The zero-order valence-corrected chi connectivity index (χ0v) is 12.0. The van der Waals surface area contributed by atoms with Crippen LogP contribution in [0.15, 0.2) is 18.2 Å². The molecular weight excluding hydrogens is 238 g/mol. The van der Waals surface area contributed by atoms with Gasteiger partial charge in [-0.05, 0) is 37.5 Å². The first-order chi connectivity index (χ1) is 8.96. The average molecular weight is 261 g/mol. The Labute approximate surface area is 115 Å². The predicted molar refractivity (Wildman–Crippen MR) is 76.9 cm³/mol. The number of hydrogen-bond acceptors (Lipinski definition) is 3. The van der Waals surface area contributed by atoms with Gasteiger partial charge >= 0.3 is 0 Å². The van der Waals surface area contributed by atoms with Gasteiger partial charge in [0.15, 0.2) is 0 Å². The molecule has 1 amide bonds. The van der Waals surface area contributed by atoms with Gasteiger partial charge in [-0.25, -0.2) is 0 Å². The van der Waals surface area contributed by atoms with Crippen molar-refractivity contribution in [2.45, 2.75) is 26.3 Å². The molecule has 0 radical (unpaired) electrons. The molecular formula is C15H23N3O. The summed E-state index contributed by atoms with van der Waals surface area (Å²) in [6.07, 6.45) is 0. The van der Waals surface area contributed by atoms with Crippen LogP contribution in [-0.4, -0.2) is 37.0 Å². The molecule has 1 saturated heterocycles. The minimum atomic E-state index is -0.722. The van der Waals surface area contributed by atoms with Gasteiger partial charge in [0.05, 0.1) is 0 Å². The summed E-state index contributed by atoms with van der Waals surface area (Å²) in [5.41, 5.74) is 8.42. The third kappa shape index (κ3) is 2.51. The summed E-state index contributed by atoms with van der Waals surface area (Å²) in [6.45, 7) is 9.55. The summed E-state index contributed by atoms with van der Waals surface area (Å²) in [5, 5.41) is 3.30. The molecule has 0 aromatic heterocycles. The van der Waals surface area contributed by atoms with E-state index in [0.717, 1.165) is 31.7 Å². The van der Waals surface area contributed by atoms with Crippen molar-refractivity contribution >= 4 is 5.91 Å². The molecule has 1 aromatic rings. The second-order valence-electron chi connectivity index (χ2n) is 5.47. The monoisotopic (exact) mass is 261 g/mol. The number of amides is 1. The minimum absolute atomic E-state index is 0.280. The van der Waals surface area contributed by atoms with Crippen molar-refractivity contribution < 1.29 is 4.79 Å². The summed E-state index contributed by atoms with van der Waals surface area (Å²) >= 11 is 0. The molecule has 0 aliphatic carbocycles. The van der Waals surface area contributed by atoms with Gasteiger partial charge in [0.2, 0.25) is 5.91 Å². The van der Waals surface area contributed by atoms with Crippen molar-refractivity contribution in [3.8, 4) is 0 Å². The fourth-order valence-electron chi connectivity index (χ4n) is 2.64. The topological polar surface area (TPSA) is 58.4 Å². The van der Waals surface area contributed by atoms with E-state index in [0.29, 0.717) is 0 Å². The van der Waals surface area contributed by atoms with E-state index >= 15 is 0 Å². The van der Waals surface area contributed by atoms with Crippen LogP contribution in [0.1, 0.15) is 23.6 Å². The number of rotatable bonds is 3. The summed E-state index contributed by atoms with van der Waals surface area (Å²) < 4.78 is 0.